The Labute approximate surface area is 138 Å². The first kappa shape index (κ1) is 15.6. The van der Waals surface area contributed by atoms with E-state index >= 15 is 0 Å². The van der Waals surface area contributed by atoms with Gasteiger partial charge in [0.05, 0.1) is 12.0 Å². The Balaban J connectivity index is 1.77. The number of nitrogens with zero attached hydrogens (tertiary/aromatic N) is 2. The Bertz CT molecular complexity index is 702. The summed E-state index contributed by atoms with van der Waals surface area (Å²) in [6, 6.07) is 6.08. The minimum Gasteiger partial charge on any atom is -0.459 e. The van der Waals surface area contributed by atoms with E-state index in [1.807, 2.05) is 0 Å². The molecule has 0 radical (unpaired) electrons. The highest BCUT2D eigenvalue weighted by atomic mass is 35.5. The standard InChI is InChI=1S/C16H16ClN3O3/c17-14-11(5-3-8-18-14)19-15(21)12-6-1-2-9-20(12)16(22)13-7-4-10-23-13/h3-5,7-8,10,12H,1-2,6,9H2,(H,19,21). The first-order chi connectivity index (χ1) is 11.2. The maximum Gasteiger partial charge on any atom is 0.290 e. The van der Waals surface area contributed by atoms with Crippen molar-refractivity contribution in [3.63, 3.8) is 0 Å². The van der Waals surface area contributed by atoms with Crippen LogP contribution < -0.4 is 5.32 Å². The molecule has 0 saturated carbocycles. The van der Waals surface area contributed by atoms with Crippen LogP contribution in [0.15, 0.2) is 41.1 Å². The summed E-state index contributed by atoms with van der Waals surface area (Å²) in [5, 5.41) is 2.97. The number of carbonyl (C=O) groups is 2. The van der Waals surface area contributed by atoms with Crippen LogP contribution in [0.3, 0.4) is 0 Å². The Morgan fingerprint density at radius 3 is 2.91 bits per heavy atom. The van der Waals surface area contributed by atoms with Crippen molar-refractivity contribution in [2.45, 2.75) is 25.3 Å². The zero-order valence-electron chi connectivity index (χ0n) is 12.4. The number of halogens is 1. The maximum atomic E-state index is 12.6. The minimum absolute atomic E-state index is 0.223. The van der Waals surface area contributed by atoms with Crippen LogP contribution in [0.1, 0.15) is 29.8 Å². The van der Waals surface area contributed by atoms with Crippen molar-refractivity contribution >= 4 is 29.1 Å². The van der Waals surface area contributed by atoms with Crippen molar-refractivity contribution < 1.29 is 14.0 Å². The fraction of sp³-hybridized carbons (Fsp3) is 0.312. The number of piperidine rings is 1. The molecule has 1 aliphatic rings. The zero-order chi connectivity index (χ0) is 16.2. The molecule has 0 aliphatic carbocycles. The van der Waals surface area contributed by atoms with Crippen molar-refractivity contribution in [2.24, 2.45) is 0 Å². The number of pyridine rings is 1. The Hall–Kier alpha value is -2.34. The van der Waals surface area contributed by atoms with Crippen LogP contribution in [0, 0.1) is 0 Å². The normalized spacial score (nSPS) is 17.8. The van der Waals surface area contributed by atoms with Crippen molar-refractivity contribution in [1.82, 2.24) is 9.88 Å². The summed E-state index contributed by atoms with van der Waals surface area (Å²) in [7, 11) is 0. The average Bonchev–Trinajstić information content (AvgIpc) is 3.11. The topological polar surface area (TPSA) is 75.4 Å². The summed E-state index contributed by atoms with van der Waals surface area (Å²) in [5.41, 5.74) is 0.440. The monoisotopic (exact) mass is 333 g/mol. The lowest BCUT2D eigenvalue weighted by molar-refractivity contribution is -0.121. The molecule has 1 saturated heterocycles. The molecule has 23 heavy (non-hydrogen) atoms. The van der Waals surface area contributed by atoms with Gasteiger partial charge in [0.1, 0.15) is 6.04 Å². The highest BCUT2D eigenvalue weighted by molar-refractivity contribution is 6.32. The molecule has 2 amide bonds. The summed E-state index contributed by atoms with van der Waals surface area (Å²) < 4.78 is 5.16. The molecule has 0 aromatic carbocycles. The second kappa shape index (κ2) is 6.83. The number of furan rings is 1. The number of likely N-dealkylation sites (tertiary alicyclic amines) is 1. The summed E-state index contributed by atoms with van der Waals surface area (Å²) in [5.74, 6) is -0.296. The lowest BCUT2D eigenvalue weighted by atomic mass is 10.0. The fourth-order valence-corrected chi connectivity index (χ4v) is 2.85. The van der Waals surface area contributed by atoms with Gasteiger partial charge in [-0.15, -0.1) is 0 Å². The molecule has 3 heterocycles. The quantitative estimate of drug-likeness (QED) is 0.876. The van der Waals surface area contributed by atoms with E-state index in [9.17, 15) is 9.59 Å². The molecule has 7 heteroatoms. The SMILES string of the molecule is O=C(Nc1cccnc1Cl)C1CCCCN1C(=O)c1ccco1. The van der Waals surface area contributed by atoms with E-state index in [2.05, 4.69) is 10.3 Å². The van der Waals surface area contributed by atoms with E-state index in [0.29, 0.717) is 18.7 Å². The number of rotatable bonds is 3. The van der Waals surface area contributed by atoms with Crippen LogP contribution in [0.25, 0.3) is 0 Å². The molecule has 1 aliphatic heterocycles. The van der Waals surface area contributed by atoms with Crippen LogP contribution in [-0.2, 0) is 4.79 Å². The Morgan fingerprint density at radius 2 is 2.17 bits per heavy atom. The van der Waals surface area contributed by atoms with Crippen LogP contribution >= 0.6 is 11.6 Å². The molecule has 1 atom stereocenters. The van der Waals surface area contributed by atoms with Gasteiger partial charge in [0.2, 0.25) is 5.91 Å². The van der Waals surface area contributed by atoms with Crippen molar-refractivity contribution in [3.05, 3.63) is 47.6 Å². The lowest BCUT2D eigenvalue weighted by Crippen LogP contribution is -2.50. The molecule has 3 rings (SSSR count). The van der Waals surface area contributed by atoms with Crippen molar-refractivity contribution in [3.8, 4) is 0 Å². The van der Waals surface area contributed by atoms with Gasteiger partial charge in [-0.1, -0.05) is 11.6 Å². The third-order valence-electron chi connectivity index (χ3n) is 3.82. The first-order valence-electron chi connectivity index (χ1n) is 7.42. The molecule has 0 bridgehead atoms. The van der Waals surface area contributed by atoms with Gasteiger partial charge in [-0.05, 0) is 43.5 Å². The smallest absolute Gasteiger partial charge is 0.290 e. The van der Waals surface area contributed by atoms with E-state index < -0.39 is 6.04 Å². The Morgan fingerprint density at radius 1 is 1.30 bits per heavy atom. The van der Waals surface area contributed by atoms with Gasteiger partial charge >= 0.3 is 0 Å². The van der Waals surface area contributed by atoms with Gasteiger partial charge < -0.3 is 14.6 Å². The highest BCUT2D eigenvalue weighted by Gasteiger charge is 2.33. The van der Waals surface area contributed by atoms with Crippen LogP contribution in [-0.4, -0.2) is 34.3 Å². The van der Waals surface area contributed by atoms with E-state index in [4.69, 9.17) is 16.0 Å². The van der Waals surface area contributed by atoms with Gasteiger partial charge in [0, 0.05) is 12.7 Å². The second-order valence-corrected chi connectivity index (χ2v) is 5.68. The number of nitrogens with one attached hydrogen (secondary N) is 1. The molecule has 0 spiro atoms. The zero-order valence-corrected chi connectivity index (χ0v) is 13.1. The summed E-state index contributed by atoms with van der Waals surface area (Å²) >= 11 is 5.97. The van der Waals surface area contributed by atoms with Crippen LogP contribution in [0.4, 0.5) is 5.69 Å². The average molecular weight is 334 g/mol. The largest absolute Gasteiger partial charge is 0.459 e. The first-order valence-corrected chi connectivity index (χ1v) is 7.80. The van der Waals surface area contributed by atoms with Gasteiger partial charge in [-0.2, -0.15) is 0 Å². The molecule has 1 N–H and O–H groups in total. The second-order valence-electron chi connectivity index (χ2n) is 5.32. The number of aromatic nitrogens is 1. The molecular formula is C16H16ClN3O3. The molecule has 120 valence electrons. The molecule has 2 aromatic heterocycles. The Kier molecular flexibility index (Phi) is 4.62. The van der Waals surface area contributed by atoms with Gasteiger partial charge in [-0.25, -0.2) is 4.98 Å². The third kappa shape index (κ3) is 3.37. The summed E-state index contributed by atoms with van der Waals surface area (Å²) in [4.78, 5) is 30.6. The van der Waals surface area contributed by atoms with Crippen molar-refractivity contribution in [2.75, 3.05) is 11.9 Å². The van der Waals surface area contributed by atoms with E-state index in [1.54, 1.807) is 35.4 Å². The predicted molar refractivity (Wildman–Crippen MR) is 85.3 cm³/mol. The van der Waals surface area contributed by atoms with E-state index in [-0.39, 0.29) is 22.7 Å². The maximum absolute atomic E-state index is 12.6. The summed E-state index contributed by atoms with van der Waals surface area (Å²) in [6.45, 7) is 0.526. The molecule has 6 nitrogen and oxygen atoms in total. The van der Waals surface area contributed by atoms with Crippen LogP contribution in [0.2, 0.25) is 5.15 Å². The number of carbonyl (C=O) groups excluding carboxylic acids is 2. The summed E-state index contributed by atoms with van der Waals surface area (Å²) in [6.07, 6.45) is 5.35. The molecule has 1 fully saturated rings. The molecular weight excluding hydrogens is 318 g/mol. The predicted octanol–water partition coefficient (Wildman–Crippen LogP) is 2.96. The van der Waals surface area contributed by atoms with Gasteiger partial charge in [0.25, 0.3) is 5.91 Å². The van der Waals surface area contributed by atoms with Gasteiger partial charge in [0.15, 0.2) is 10.9 Å². The molecule has 2 aromatic rings. The fourth-order valence-electron chi connectivity index (χ4n) is 2.68. The molecule has 1 unspecified atom stereocenters. The number of hydrogen-bond acceptors (Lipinski definition) is 4. The number of anilines is 1. The van der Waals surface area contributed by atoms with Crippen LogP contribution in [0.5, 0.6) is 0 Å². The number of amides is 2. The van der Waals surface area contributed by atoms with Gasteiger partial charge in [-0.3, -0.25) is 9.59 Å². The lowest BCUT2D eigenvalue weighted by Gasteiger charge is -2.34. The minimum atomic E-state index is -0.544. The third-order valence-corrected chi connectivity index (χ3v) is 4.12. The van der Waals surface area contributed by atoms with Crippen molar-refractivity contribution in [1.29, 1.82) is 0 Å². The number of hydrogen-bond donors (Lipinski definition) is 1. The highest BCUT2D eigenvalue weighted by Crippen LogP contribution is 2.23. The van der Waals surface area contributed by atoms with E-state index in [1.165, 1.54) is 6.26 Å². The van der Waals surface area contributed by atoms with E-state index in [0.717, 1.165) is 12.8 Å².